The molecule has 5 N–H and O–H groups in total. The summed E-state index contributed by atoms with van der Waals surface area (Å²) in [5, 5.41) is 0. The van der Waals surface area contributed by atoms with Crippen molar-refractivity contribution in [2.24, 2.45) is 23.3 Å². The number of nitrogens with two attached hydrogens (primary N) is 2. The Morgan fingerprint density at radius 2 is 1.69 bits per heavy atom. The molecular weight excluding hydrogens is 364 g/mol. The van der Waals surface area contributed by atoms with Gasteiger partial charge >= 0.3 is 5.69 Å². The highest BCUT2D eigenvalue weighted by atomic mass is 16.1. The maximum Gasteiger partial charge on any atom is 0.327 e. The summed E-state index contributed by atoms with van der Waals surface area (Å²) in [4.78, 5) is 27.0. The summed E-state index contributed by atoms with van der Waals surface area (Å²) in [5.74, 6) is 0.803. The van der Waals surface area contributed by atoms with Crippen molar-refractivity contribution in [1.29, 1.82) is 0 Å². The number of aromatic nitrogens is 2. The number of aromatic amines is 1. The van der Waals surface area contributed by atoms with Crippen LogP contribution >= 0.6 is 0 Å². The molecule has 1 fully saturated rings. The van der Waals surface area contributed by atoms with Gasteiger partial charge in [-0.15, -0.1) is 0 Å². The van der Waals surface area contributed by atoms with E-state index in [0.717, 1.165) is 44.0 Å². The molecule has 2 aliphatic carbocycles. The van der Waals surface area contributed by atoms with Gasteiger partial charge in [0.25, 0.3) is 0 Å². The number of imidazole rings is 1. The van der Waals surface area contributed by atoms with Crippen LogP contribution in [0.3, 0.4) is 0 Å². The molecular formula is C23H26N4O2. The summed E-state index contributed by atoms with van der Waals surface area (Å²) in [7, 11) is 0. The van der Waals surface area contributed by atoms with Crippen LogP contribution in [0.25, 0.3) is 11.0 Å². The molecule has 0 unspecified atom stereocenters. The third-order valence-corrected chi connectivity index (χ3v) is 7.06. The van der Waals surface area contributed by atoms with Crippen LogP contribution in [-0.2, 0) is 18.5 Å². The summed E-state index contributed by atoms with van der Waals surface area (Å²) in [5.41, 5.74) is 15.9. The van der Waals surface area contributed by atoms with E-state index in [1.807, 2.05) is 0 Å². The number of benzene rings is 2. The highest BCUT2D eigenvalue weighted by molar-refractivity contribution is 5.96. The lowest BCUT2D eigenvalue weighted by molar-refractivity contribution is 0.100. The van der Waals surface area contributed by atoms with Gasteiger partial charge in [-0.1, -0.05) is 24.3 Å². The second kappa shape index (κ2) is 6.59. The van der Waals surface area contributed by atoms with Crippen LogP contribution < -0.4 is 17.2 Å². The summed E-state index contributed by atoms with van der Waals surface area (Å²) in [6, 6.07) is 13.8. The predicted molar refractivity (Wildman–Crippen MR) is 113 cm³/mol. The van der Waals surface area contributed by atoms with E-state index in [4.69, 9.17) is 11.5 Å². The van der Waals surface area contributed by atoms with Crippen LogP contribution in [0.5, 0.6) is 0 Å². The Morgan fingerprint density at radius 3 is 2.31 bits per heavy atom. The number of hydrogen-bond acceptors (Lipinski definition) is 3. The molecule has 5 rings (SSSR count). The Bertz CT molecular complexity index is 1130. The lowest BCUT2D eigenvalue weighted by Crippen LogP contribution is -2.50. The highest BCUT2D eigenvalue weighted by Crippen LogP contribution is 2.42. The van der Waals surface area contributed by atoms with Gasteiger partial charge in [-0.05, 0) is 79.7 Å². The van der Waals surface area contributed by atoms with E-state index in [1.165, 1.54) is 11.1 Å². The molecule has 0 atom stereocenters. The molecule has 29 heavy (non-hydrogen) atoms. The number of amides is 1. The molecule has 1 aromatic heterocycles. The molecule has 0 saturated heterocycles. The van der Waals surface area contributed by atoms with Crippen LogP contribution in [0.1, 0.15) is 47.2 Å². The quantitative estimate of drug-likeness (QED) is 0.640. The number of primary amides is 1. The first-order chi connectivity index (χ1) is 13.9. The SMILES string of the molecule is NC(=O)c1ccc2c(c1)[nH]c(=O)n2C1(N)CCC(C2Cc3ccccc3C2)CC1. The van der Waals surface area contributed by atoms with Gasteiger partial charge in [0.1, 0.15) is 0 Å². The van der Waals surface area contributed by atoms with Gasteiger partial charge in [0.2, 0.25) is 5.91 Å². The fraction of sp³-hybridized carbons (Fsp3) is 0.391. The third-order valence-electron chi connectivity index (χ3n) is 7.06. The number of nitrogens with one attached hydrogen (secondary N) is 1. The van der Waals surface area contributed by atoms with Crippen molar-refractivity contribution in [3.05, 3.63) is 69.6 Å². The number of rotatable bonds is 3. The predicted octanol–water partition coefficient (Wildman–Crippen LogP) is 2.65. The maximum atomic E-state index is 12.7. The standard InChI is InChI=1S/C23H26N4O2/c24-21(28)17-5-6-20-19(13-17)26-22(29)27(20)23(25)9-7-14(8-10-23)18-11-15-3-1-2-4-16(15)12-18/h1-6,13-14,18H,7-12,25H2,(H2,24,28)(H,26,29). The normalized spacial score (nSPS) is 24.7. The summed E-state index contributed by atoms with van der Waals surface area (Å²) >= 11 is 0. The molecule has 0 bridgehead atoms. The van der Waals surface area contributed by atoms with Crippen LogP contribution in [-0.4, -0.2) is 15.5 Å². The summed E-state index contributed by atoms with van der Waals surface area (Å²) < 4.78 is 1.69. The Labute approximate surface area is 168 Å². The lowest BCUT2D eigenvalue weighted by atomic mass is 9.74. The van der Waals surface area contributed by atoms with Crippen molar-refractivity contribution in [2.45, 2.75) is 44.2 Å². The largest absolute Gasteiger partial charge is 0.366 e. The van der Waals surface area contributed by atoms with Crippen molar-refractivity contribution >= 4 is 16.9 Å². The number of carbonyl (C=O) groups is 1. The van der Waals surface area contributed by atoms with E-state index in [1.54, 1.807) is 22.8 Å². The smallest absolute Gasteiger partial charge is 0.327 e. The topological polar surface area (TPSA) is 107 Å². The zero-order valence-electron chi connectivity index (χ0n) is 16.4. The molecule has 2 aliphatic rings. The zero-order valence-corrected chi connectivity index (χ0v) is 16.4. The van der Waals surface area contributed by atoms with Gasteiger partial charge in [-0.3, -0.25) is 9.36 Å². The molecule has 0 radical (unpaired) electrons. The minimum Gasteiger partial charge on any atom is -0.366 e. The second-order valence-electron chi connectivity index (χ2n) is 8.74. The first-order valence-electron chi connectivity index (χ1n) is 10.4. The average Bonchev–Trinajstić information content (AvgIpc) is 3.28. The minimum atomic E-state index is -0.703. The molecule has 3 aromatic rings. The van der Waals surface area contributed by atoms with Gasteiger partial charge in [0, 0.05) is 5.56 Å². The van der Waals surface area contributed by atoms with E-state index < -0.39 is 11.6 Å². The van der Waals surface area contributed by atoms with Crippen LogP contribution in [0, 0.1) is 11.8 Å². The second-order valence-corrected chi connectivity index (χ2v) is 8.74. The molecule has 6 heteroatoms. The van der Waals surface area contributed by atoms with E-state index in [9.17, 15) is 9.59 Å². The molecule has 1 amide bonds. The van der Waals surface area contributed by atoms with Crippen molar-refractivity contribution in [2.75, 3.05) is 0 Å². The van der Waals surface area contributed by atoms with Gasteiger partial charge < -0.3 is 16.5 Å². The average molecular weight is 390 g/mol. The fourth-order valence-electron chi connectivity index (χ4n) is 5.47. The van der Waals surface area contributed by atoms with Crippen LogP contribution in [0.15, 0.2) is 47.3 Å². The van der Waals surface area contributed by atoms with Crippen molar-refractivity contribution in [3.8, 4) is 0 Å². The number of fused-ring (bicyclic) bond motifs is 2. The van der Waals surface area contributed by atoms with Gasteiger partial charge in [0.15, 0.2) is 0 Å². The van der Waals surface area contributed by atoms with E-state index in [2.05, 4.69) is 29.2 Å². The van der Waals surface area contributed by atoms with Gasteiger partial charge in [0.05, 0.1) is 16.7 Å². The highest BCUT2D eigenvalue weighted by Gasteiger charge is 2.39. The van der Waals surface area contributed by atoms with E-state index in [-0.39, 0.29) is 5.69 Å². The molecule has 2 aromatic carbocycles. The van der Waals surface area contributed by atoms with E-state index in [0.29, 0.717) is 22.9 Å². The van der Waals surface area contributed by atoms with Gasteiger partial charge in [-0.25, -0.2) is 4.79 Å². The maximum absolute atomic E-state index is 12.7. The molecule has 1 saturated carbocycles. The monoisotopic (exact) mass is 390 g/mol. The number of carbonyl (C=O) groups excluding carboxylic acids is 1. The summed E-state index contributed by atoms with van der Waals surface area (Å²) in [6.45, 7) is 0. The van der Waals surface area contributed by atoms with E-state index >= 15 is 0 Å². The number of hydrogen-bond donors (Lipinski definition) is 3. The minimum absolute atomic E-state index is 0.226. The summed E-state index contributed by atoms with van der Waals surface area (Å²) in [6.07, 6.45) is 5.90. The van der Waals surface area contributed by atoms with Crippen LogP contribution in [0.2, 0.25) is 0 Å². The van der Waals surface area contributed by atoms with Crippen molar-refractivity contribution in [1.82, 2.24) is 9.55 Å². The molecule has 0 aliphatic heterocycles. The molecule has 0 spiro atoms. The molecule has 6 nitrogen and oxygen atoms in total. The lowest BCUT2D eigenvalue weighted by Gasteiger charge is -2.40. The Kier molecular flexibility index (Phi) is 4.13. The first kappa shape index (κ1) is 18.2. The molecule has 150 valence electrons. The number of H-pyrrole nitrogens is 1. The zero-order chi connectivity index (χ0) is 20.2. The van der Waals surface area contributed by atoms with Crippen molar-refractivity contribution in [3.63, 3.8) is 0 Å². The first-order valence-corrected chi connectivity index (χ1v) is 10.4. The van der Waals surface area contributed by atoms with Crippen LogP contribution in [0.4, 0.5) is 0 Å². The Morgan fingerprint density at radius 1 is 1.03 bits per heavy atom. The third kappa shape index (κ3) is 2.99. The Balaban J connectivity index is 1.38. The number of nitrogens with zero attached hydrogens (tertiary/aromatic N) is 1. The van der Waals surface area contributed by atoms with Crippen molar-refractivity contribution < 1.29 is 4.79 Å². The fourth-order valence-corrected chi connectivity index (χ4v) is 5.47. The Hall–Kier alpha value is -2.86. The van der Waals surface area contributed by atoms with Gasteiger partial charge in [-0.2, -0.15) is 0 Å². The molecule has 1 heterocycles.